The topological polar surface area (TPSA) is 24.5 Å². The quantitative estimate of drug-likeness (QED) is 0.775. The summed E-state index contributed by atoms with van der Waals surface area (Å²) in [4.78, 5) is 2.36. The fourth-order valence-corrected chi connectivity index (χ4v) is 2.92. The van der Waals surface area contributed by atoms with E-state index < -0.39 is 0 Å². The zero-order chi connectivity index (χ0) is 12.2. The Hall–Kier alpha value is -0.120. The molecule has 0 aliphatic carbocycles. The highest BCUT2D eigenvalue weighted by molar-refractivity contribution is 4.97. The van der Waals surface area contributed by atoms with E-state index in [1.807, 2.05) is 0 Å². The van der Waals surface area contributed by atoms with Gasteiger partial charge in [0.2, 0.25) is 0 Å². The Morgan fingerprint density at radius 1 is 1.38 bits per heavy atom. The van der Waals surface area contributed by atoms with Gasteiger partial charge in [0.25, 0.3) is 0 Å². The number of rotatable bonds is 5. The van der Waals surface area contributed by atoms with E-state index in [2.05, 4.69) is 45.2 Å². The van der Waals surface area contributed by atoms with E-state index in [0.29, 0.717) is 6.04 Å². The maximum atomic E-state index is 5.46. The number of nitrogens with zero attached hydrogens (tertiary/aromatic N) is 1. The third-order valence-electron chi connectivity index (χ3n) is 4.46. The zero-order valence-corrected chi connectivity index (χ0v) is 11.5. The second-order valence-corrected chi connectivity index (χ2v) is 5.32. The van der Waals surface area contributed by atoms with Gasteiger partial charge in [0, 0.05) is 24.8 Å². The molecule has 0 spiro atoms. The summed E-state index contributed by atoms with van der Waals surface area (Å²) in [5, 5.41) is 3.55. The summed E-state index contributed by atoms with van der Waals surface area (Å²) in [6.45, 7) is 6.50. The van der Waals surface area contributed by atoms with Crippen LogP contribution >= 0.6 is 0 Å². The first-order valence-electron chi connectivity index (χ1n) is 6.48. The fourth-order valence-electron chi connectivity index (χ4n) is 2.92. The lowest BCUT2D eigenvalue weighted by Crippen LogP contribution is -2.59. The summed E-state index contributed by atoms with van der Waals surface area (Å²) in [6, 6.07) is 0.552. The average Bonchev–Trinajstić information content (AvgIpc) is 2.30. The minimum atomic E-state index is 0.233. The molecule has 0 amide bonds. The third kappa shape index (κ3) is 2.76. The summed E-state index contributed by atoms with van der Waals surface area (Å²) in [5.41, 5.74) is 0.233. The maximum Gasteiger partial charge on any atom is 0.0469 e. The third-order valence-corrected chi connectivity index (χ3v) is 4.46. The van der Waals surface area contributed by atoms with E-state index in [4.69, 9.17) is 4.74 Å². The highest BCUT2D eigenvalue weighted by atomic mass is 16.5. The molecule has 3 heteroatoms. The average molecular weight is 228 g/mol. The summed E-state index contributed by atoms with van der Waals surface area (Å²) < 4.78 is 5.46. The largest absolute Gasteiger partial charge is 0.381 e. The standard InChI is InChI=1S/C13H28N2O/c1-6-13(2,15(4)5)12(14-3)11-7-9-16-10-8-11/h11-12,14H,6-10H2,1-5H3. The number of ether oxygens (including phenoxy) is 1. The van der Waals surface area contributed by atoms with Crippen LogP contribution < -0.4 is 5.32 Å². The van der Waals surface area contributed by atoms with Crippen molar-refractivity contribution in [3.63, 3.8) is 0 Å². The molecule has 1 aliphatic heterocycles. The van der Waals surface area contributed by atoms with Crippen molar-refractivity contribution >= 4 is 0 Å². The molecule has 0 bridgehead atoms. The lowest BCUT2D eigenvalue weighted by atomic mass is 9.77. The molecule has 0 saturated carbocycles. The number of hydrogen-bond acceptors (Lipinski definition) is 3. The van der Waals surface area contributed by atoms with Crippen LogP contribution in [0.15, 0.2) is 0 Å². The lowest BCUT2D eigenvalue weighted by Gasteiger charge is -2.47. The molecule has 1 heterocycles. The van der Waals surface area contributed by atoms with Gasteiger partial charge < -0.3 is 15.0 Å². The molecule has 1 aliphatic rings. The van der Waals surface area contributed by atoms with Gasteiger partial charge in [-0.3, -0.25) is 0 Å². The molecule has 16 heavy (non-hydrogen) atoms. The van der Waals surface area contributed by atoms with Crippen LogP contribution in [-0.4, -0.2) is 50.8 Å². The smallest absolute Gasteiger partial charge is 0.0469 e. The normalized spacial score (nSPS) is 24.4. The molecule has 0 aromatic heterocycles. The molecule has 1 rings (SSSR count). The molecule has 0 aromatic carbocycles. The van der Waals surface area contributed by atoms with Gasteiger partial charge in [0.1, 0.15) is 0 Å². The SMILES string of the molecule is CCC(C)(C(NC)C1CCOCC1)N(C)C. The Labute approximate surface area is 101 Å². The summed E-state index contributed by atoms with van der Waals surface area (Å²) in [6.07, 6.45) is 3.55. The van der Waals surface area contributed by atoms with Crippen molar-refractivity contribution in [3.05, 3.63) is 0 Å². The highest BCUT2D eigenvalue weighted by Crippen LogP contribution is 2.31. The lowest BCUT2D eigenvalue weighted by molar-refractivity contribution is 0.0151. The monoisotopic (exact) mass is 228 g/mol. The molecule has 1 fully saturated rings. The van der Waals surface area contributed by atoms with E-state index in [-0.39, 0.29) is 5.54 Å². The van der Waals surface area contributed by atoms with Crippen molar-refractivity contribution in [2.75, 3.05) is 34.4 Å². The number of likely N-dealkylation sites (N-methyl/N-ethyl adjacent to an activating group) is 2. The van der Waals surface area contributed by atoms with Crippen LogP contribution in [0.3, 0.4) is 0 Å². The molecule has 0 aromatic rings. The Balaban J connectivity index is 2.77. The minimum absolute atomic E-state index is 0.233. The Kier molecular flexibility index (Phi) is 5.22. The van der Waals surface area contributed by atoms with Gasteiger partial charge in [-0.15, -0.1) is 0 Å². The van der Waals surface area contributed by atoms with Crippen LogP contribution in [-0.2, 0) is 4.74 Å². The molecular formula is C13H28N2O. The number of hydrogen-bond donors (Lipinski definition) is 1. The van der Waals surface area contributed by atoms with Crippen molar-refractivity contribution in [2.45, 2.75) is 44.7 Å². The maximum absolute atomic E-state index is 5.46. The molecular weight excluding hydrogens is 200 g/mol. The zero-order valence-electron chi connectivity index (χ0n) is 11.5. The van der Waals surface area contributed by atoms with Crippen molar-refractivity contribution < 1.29 is 4.74 Å². The number of nitrogens with one attached hydrogen (secondary N) is 1. The molecule has 1 saturated heterocycles. The molecule has 0 radical (unpaired) electrons. The van der Waals surface area contributed by atoms with E-state index >= 15 is 0 Å². The van der Waals surface area contributed by atoms with Crippen molar-refractivity contribution in [2.24, 2.45) is 5.92 Å². The minimum Gasteiger partial charge on any atom is -0.381 e. The fraction of sp³-hybridized carbons (Fsp3) is 1.00. The van der Waals surface area contributed by atoms with Gasteiger partial charge in [-0.05, 0) is 53.2 Å². The van der Waals surface area contributed by atoms with Crippen molar-refractivity contribution in [1.29, 1.82) is 0 Å². The van der Waals surface area contributed by atoms with Crippen LogP contribution in [0.4, 0.5) is 0 Å². The molecule has 2 unspecified atom stereocenters. The van der Waals surface area contributed by atoms with E-state index in [1.165, 1.54) is 19.3 Å². The Bertz CT molecular complexity index is 202. The molecule has 3 nitrogen and oxygen atoms in total. The highest BCUT2D eigenvalue weighted by Gasteiger charge is 2.39. The van der Waals surface area contributed by atoms with Gasteiger partial charge in [-0.25, -0.2) is 0 Å². The first-order chi connectivity index (χ1) is 7.56. The van der Waals surface area contributed by atoms with Gasteiger partial charge >= 0.3 is 0 Å². The predicted octanol–water partition coefficient (Wildman–Crippen LogP) is 1.73. The first kappa shape index (κ1) is 13.9. The predicted molar refractivity (Wildman–Crippen MR) is 68.8 cm³/mol. The van der Waals surface area contributed by atoms with E-state index in [1.54, 1.807) is 0 Å². The van der Waals surface area contributed by atoms with E-state index in [9.17, 15) is 0 Å². The second-order valence-electron chi connectivity index (χ2n) is 5.32. The second kappa shape index (κ2) is 5.99. The van der Waals surface area contributed by atoms with E-state index in [0.717, 1.165) is 19.1 Å². The van der Waals surface area contributed by atoms with Gasteiger partial charge in [-0.2, -0.15) is 0 Å². The van der Waals surface area contributed by atoms with Gasteiger partial charge in [0.05, 0.1) is 0 Å². The summed E-state index contributed by atoms with van der Waals surface area (Å²) in [5.74, 6) is 0.742. The van der Waals surface area contributed by atoms with Crippen LogP contribution in [0.25, 0.3) is 0 Å². The molecule has 1 N–H and O–H groups in total. The van der Waals surface area contributed by atoms with Crippen LogP contribution in [0.5, 0.6) is 0 Å². The molecule has 96 valence electrons. The van der Waals surface area contributed by atoms with Crippen molar-refractivity contribution in [1.82, 2.24) is 10.2 Å². The van der Waals surface area contributed by atoms with Gasteiger partial charge in [0.15, 0.2) is 0 Å². The van der Waals surface area contributed by atoms with Crippen LogP contribution in [0, 0.1) is 5.92 Å². The van der Waals surface area contributed by atoms with Crippen molar-refractivity contribution in [3.8, 4) is 0 Å². The van der Waals surface area contributed by atoms with Crippen LogP contribution in [0.2, 0.25) is 0 Å². The first-order valence-corrected chi connectivity index (χ1v) is 6.48. The molecule has 2 atom stereocenters. The van der Waals surface area contributed by atoms with Crippen LogP contribution in [0.1, 0.15) is 33.1 Å². The van der Waals surface area contributed by atoms with Gasteiger partial charge in [-0.1, -0.05) is 6.92 Å². The Morgan fingerprint density at radius 2 is 1.94 bits per heavy atom. The Morgan fingerprint density at radius 3 is 2.31 bits per heavy atom. The summed E-state index contributed by atoms with van der Waals surface area (Å²) in [7, 11) is 6.47. The summed E-state index contributed by atoms with van der Waals surface area (Å²) >= 11 is 0.